The third-order valence-electron chi connectivity index (χ3n) is 2.73. The van der Waals surface area contributed by atoms with E-state index >= 15 is 0 Å². The molecule has 2 atom stereocenters. The number of carbonyl (C=O) groups excluding carboxylic acids is 1. The molecule has 17 heavy (non-hydrogen) atoms. The second-order valence-corrected chi connectivity index (χ2v) is 4.99. The molecule has 0 saturated carbocycles. The van der Waals surface area contributed by atoms with Crippen molar-refractivity contribution in [2.75, 3.05) is 0 Å². The molecule has 0 saturated heterocycles. The van der Waals surface area contributed by atoms with E-state index in [1.165, 1.54) is 0 Å². The van der Waals surface area contributed by atoms with Crippen LogP contribution in [-0.2, 0) is 4.79 Å². The topological polar surface area (TPSA) is 55.1 Å². The van der Waals surface area contributed by atoms with Gasteiger partial charge in [0.25, 0.3) is 0 Å². The van der Waals surface area contributed by atoms with Crippen LogP contribution in [0.3, 0.4) is 0 Å². The largest absolute Gasteiger partial charge is 0.348 e. The molecule has 0 spiro atoms. The molecule has 1 amide bonds. The first-order valence-electron chi connectivity index (χ1n) is 5.73. The van der Waals surface area contributed by atoms with E-state index in [4.69, 9.17) is 17.3 Å². The molecule has 1 rings (SSSR count). The number of hydrogen-bond donors (Lipinski definition) is 2. The summed E-state index contributed by atoms with van der Waals surface area (Å²) in [7, 11) is 0. The molecule has 0 aliphatic rings. The fourth-order valence-corrected chi connectivity index (χ4v) is 1.67. The predicted molar refractivity (Wildman–Crippen MR) is 70.8 cm³/mol. The van der Waals surface area contributed by atoms with Crippen LogP contribution in [0.25, 0.3) is 0 Å². The lowest BCUT2D eigenvalue weighted by molar-refractivity contribution is -0.123. The van der Waals surface area contributed by atoms with Gasteiger partial charge in [0.05, 0.1) is 12.1 Å². The van der Waals surface area contributed by atoms with Gasteiger partial charge in [-0.25, -0.2) is 0 Å². The van der Waals surface area contributed by atoms with E-state index in [9.17, 15) is 4.79 Å². The maximum atomic E-state index is 11.8. The zero-order chi connectivity index (χ0) is 13.0. The van der Waals surface area contributed by atoms with Crippen LogP contribution in [0.4, 0.5) is 0 Å². The summed E-state index contributed by atoms with van der Waals surface area (Å²) in [4.78, 5) is 11.8. The lowest BCUT2D eigenvalue weighted by atomic mass is 10.0. The molecule has 0 unspecified atom stereocenters. The average molecular weight is 255 g/mol. The highest BCUT2D eigenvalue weighted by atomic mass is 35.5. The second kappa shape index (κ2) is 6.03. The van der Waals surface area contributed by atoms with E-state index in [2.05, 4.69) is 5.32 Å². The lowest BCUT2D eigenvalue weighted by Crippen LogP contribution is -2.44. The Morgan fingerprint density at radius 1 is 1.35 bits per heavy atom. The van der Waals surface area contributed by atoms with Crippen molar-refractivity contribution in [2.45, 2.75) is 32.9 Å². The van der Waals surface area contributed by atoms with Crippen LogP contribution < -0.4 is 11.1 Å². The first kappa shape index (κ1) is 14.0. The number of nitrogens with one attached hydrogen (secondary N) is 1. The SMILES string of the molecule is CC(C)[C@H](N)C(=O)N[C@H](C)c1cccc(Cl)c1. The van der Waals surface area contributed by atoms with Gasteiger partial charge in [-0.15, -0.1) is 0 Å². The van der Waals surface area contributed by atoms with Gasteiger partial charge in [0.2, 0.25) is 5.91 Å². The van der Waals surface area contributed by atoms with Crippen LogP contribution in [0.2, 0.25) is 5.02 Å². The summed E-state index contributed by atoms with van der Waals surface area (Å²) in [6, 6.07) is 6.87. The summed E-state index contributed by atoms with van der Waals surface area (Å²) in [5.41, 5.74) is 6.75. The summed E-state index contributed by atoms with van der Waals surface area (Å²) in [5, 5.41) is 3.55. The zero-order valence-electron chi connectivity index (χ0n) is 10.4. The second-order valence-electron chi connectivity index (χ2n) is 4.56. The van der Waals surface area contributed by atoms with Gasteiger partial charge in [0, 0.05) is 5.02 Å². The Balaban J connectivity index is 2.66. The molecular weight excluding hydrogens is 236 g/mol. The average Bonchev–Trinajstić information content (AvgIpc) is 2.27. The fraction of sp³-hybridized carbons (Fsp3) is 0.462. The summed E-state index contributed by atoms with van der Waals surface area (Å²) < 4.78 is 0. The van der Waals surface area contributed by atoms with Gasteiger partial charge in [0.15, 0.2) is 0 Å². The van der Waals surface area contributed by atoms with E-state index in [0.717, 1.165) is 5.56 Å². The van der Waals surface area contributed by atoms with E-state index < -0.39 is 6.04 Å². The van der Waals surface area contributed by atoms with E-state index in [1.807, 2.05) is 39.0 Å². The highest BCUT2D eigenvalue weighted by Gasteiger charge is 2.19. The summed E-state index contributed by atoms with van der Waals surface area (Å²) in [5.74, 6) is -0.00552. The van der Waals surface area contributed by atoms with Crippen LogP contribution in [0.15, 0.2) is 24.3 Å². The number of halogens is 1. The molecule has 1 aromatic carbocycles. The molecule has 0 aromatic heterocycles. The quantitative estimate of drug-likeness (QED) is 0.868. The minimum atomic E-state index is -0.475. The first-order chi connectivity index (χ1) is 7.91. The maximum Gasteiger partial charge on any atom is 0.237 e. The maximum absolute atomic E-state index is 11.8. The number of nitrogens with two attached hydrogens (primary N) is 1. The number of hydrogen-bond acceptors (Lipinski definition) is 2. The van der Waals surface area contributed by atoms with Crippen molar-refractivity contribution in [3.8, 4) is 0 Å². The van der Waals surface area contributed by atoms with Crippen LogP contribution in [-0.4, -0.2) is 11.9 Å². The molecular formula is C13H19ClN2O. The molecule has 4 heteroatoms. The lowest BCUT2D eigenvalue weighted by Gasteiger charge is -2.20. The van der Waals surface area contributed by atoms with Gasteiger partial charge in [-0.3, -0.25) is 4.79 Å². The van der Waals surface area contributed by atoms with Crippen molar-refractivity contribution >= 4 is 17.5 Å². The van der Waals surface area contributed by atoms with E-state index in [-0.39, 0.29) is 17.9 Å². The van der Waals surface area contributed by atoms with Crippen molar-refractivity contribution in [1.29, 1.82) is 0 Å². The van der Waals surface area contributed by atoms with Crippen molar-refractivity contribution in [3.05, 3.63) is 34.9 Å². The van der Waals surface area contributed by atoms with Crippen molar-refractivity contribution in [1.82, 2.24) is 5.32 Å². The third kappa shape index (κ3) is 4.02. The Morgan fingerprint density at radius 2 is 2.00 bits per heavy atom. The van der Waals surface area contributed by atoms with Gasteiger partial charge < -0.3 is 11.1 Å². The molecule has 3 N–H and O–H groups in total. The Hall–Kier alpha value is -1.06. The van der Waals surface area contributed by atoms with Crippen molar-refractivity contribution in [2.24, 2.45) is 11.7 Å². The molecule has 3 nitrogen and oxygen atoms in total. The number of carbonyl (C=O) groups is 1. The van der Waals surface area contributed by atoms with Crippen LogP contribution in [0, 0.1) is 5.92 Å². The van der Waals surface area contributed by atoms with Crippen molar-refractivity contribution < 1.29 is 4.79 Å². The zero-order valence-corrected chi connectivity index (χ0v) is 11.2. The van der Waals surface area contributed by atoms with Gasteiger partial charge in [-0.1, -0.05) is 37.6 Å². The molecule has 1 aromatic rings. The Morgan fingerprint density at radius 3 is 2.53 bits per heavy atom. The van der Waals surface area contributed by atoms with Gasteiger partial charge in [-0.2, -0.15) is 0 Å². The molecule has 0 aliphatic heterocycles. The number of amides is 1. The minimum Gasteiger partial charge on any atom is -0.348 e. The number of benzene rings is 1. The Kier molecular flexibility index (Phi) is 4.97. The van der Waals surface area contributed by atoms with Gasteiger partial charge in [0.1, 0.15) is 0 Å². The van der Waals surface area contributed by atoms with Crippen LogP contribution >= 0.6 is 11.6 Å². The standard InChI is InChI=1S/C13H19ClN2O/c1-8(2)12(15)13(17)16-9(3)10-5-4-6-11(14)7-10/h4-9,12H,15H2,1-3H3,(H,16,17)/t9-,12+/m1/s1. The predicted octanol–water partition coefficient (Wildman–Crippen LogP) is 2.50. The van der Waals surface area contributed by atoms with Gasteiger partial charge >= 0.3 is 0 Å². The highest BCUT2D eigenvalue weighted by molar-refractivity contribution is 6.30. The van der Waals surface area contributed by atoms with Crippen LogP contribution in [0.1, 0.15) is 32.4 Å². The molecule has 0 heterocycles. The normalized spacial score (nSPS) is 14.5. The van der Waals surface area contributed by atoms with E-state index in [0.29, 0.717) is 5.02 Å². The summed E-state index contributed by atoms with van der Waals surface area (Å²) in [6.45, 7) is 5.76. The molecule has 94 valence electrons. The first-order valence-corrected chi connectivity index (χ1v) is 6.11. The monoisotopic (exact) mass is 254 g/mol. The summed E-state index contributed by atoms with van der Waals surface area (Å²) >= 11 is 5.90. The highest BCUT2D eigenvalue weighted by Crippen LogP contribution is 2.17. The molecule has 0 bridgehead atoms. The molecule has 0 radical (unpaired) electrons. The van der Waals surface area contributed by atoms with Crippen molar-refractivity contribution in [3.63, 3.8) is 0 Å². The van der Waals surface area contributed by atoms with E-state index in [1.54, 1.807) is 6.07 Å². The van der Waals surface area contributed by atoms with Gasteiger partial charge in [-0.05, 0) is 30.5 Å². The smallest absolute Gasteiger partial charge is 0.237 e. The molecule has 0 fully saturated rings. The fourth-order valence-electron chi connectivity index (χ4n) is 1.47. The minimum absolute atomic E-state index is 0.0917. The number of rotatable bonds is 4. The third-order valence-corrected chi connectivity index (χ3v) is 2.96. The Bertz CT molecular complexity index is 393. The Labute approximate surface area is 107 Å². The molecule has 0 aliphatic carbocycles. The van der Waals surface area contributed by atoms with Crippen LogP contribution in [0.5, 0.6) is 0 Å². The summed E-state index contributed by atoms with van der Waals surface area (Å²) in [6.07, 6.45) is 0.